The molecule has 6 heteroatoms. The summed E-state index contributed by atoms with van der Waals surface area (Å²) in [5.74, 6) is -0.280. The van der Waals surface area contributed by atoms with Gasteiger partial charge in [-0.25, -0.2) is 12.8 Å². The van der Waals surface area contributed by atoms with E-state index in [0.717, 1.165) is 19.0 Å². The van der Waals surface area contributed by atoms with Gasteiger partial charge in [0.2, 0.25) is 10.0 Å². The molecule has 0 radical (unpaired) electrons. The molecule has 0 bridgehead atoms. The van der Waals surface area contributed by atoms with Crippen molar-refractivity contribution in [2.24, 2.45) is 5.92 Å². The summed E-state index contributed by atoms with van der Waals surface area (Å²) in [6.07, 6.45) is 0.780. The van der Waals surface area contributed by atoms with Crippen molar-refractivity contribution in [2.45, 2.75) is 38.1 Å². The molecular weight excluding hydrogens is 291 g/mol. The van der Waals surface area contributed by atoms with Crippen LogP contribution in [0.25, 0.3) is 0 Å². The monoisotopic (exact) mass is 314 g/mol. The van der Waals surface area contributed by atoms with Crippen LogP contribution in [0.15, 0.2) is 23.1 Å². The number of hydrogen-bond acceptors (Lipinski definition) is 3. The third-order valence-electron chi connectivity index (χ3n) is 4.10. The first-order valence-electron chi connectivity index (χ1n) is 7.36. The molecule has 1 aromatic rings. The zero-order valence-electron chi connectivity index (χ0n) is 12.8. The van der Waals surface area contributed by atoms with Gasteiger partial charge in [-0.05, 0) is 43.5 Å². The van der Waals surface area contributed by atoms with Gasteiger partial charge in [0.05, 0.1) is 4.90 Å². The number of rotatable bonds is 4. The zero-order valence-corrected chi connectivity index (χ0v) is 13.6. The van der Waals surface area contributed by atoms with E-state index in [1.165, 1.54) is 16.4 Å². The van der Waals surface area contributed by atoms with Crippen molar-refractivity contribution in [3.63, 3.8) is 0 Å². The largest absolute Gasteiger partial charge is 0.314 e. The highest BCUT2D eigenvalue weighted by molar-refractivity contribution is 7.89. The van der Waals surface area contributed by atoms with Gasteiger partial charge in [0.15, 0.2) is 0 Å². The van der Waals surface area contributed by atoms with Gasteiger partial charge in [-0.15, -0.1) is 0 Å². The molecule has 0 aliphatic carbocycles. The Kier molecular flexibility index (Phi) is 5.01. The molecule has 1 fully saturated rings. The topological polar surface area (TPSA) is 49.4 Å². The van der Waals surface area contributed by atoms with E-state index in [9.17, 15) is 12.8 Å². The van der Waals surface area contributed by atoms with Gasteiger partial charge in [0.1, 0.15) is 5.82 Å². The third-order valence-corrected chi connectivity index (χ3v) is 6.11. The molecule has 1 aliphatic heterocycles. The second kappa shape index (κ2) is 6.42. The average Bonchev–Trinajstić information content (AvgIpc) is 2.43. The van der Waals surface area contributed by atoms with E-state index in [1.807, 2.05) is 13.8 Å². The summed E-state index contributed by atoms with van der Waals surface area (Å²) in [5.41, 5.74) is 0.581. The second-order valence-electron chi connectivity index (χ2n) is 5.70. The van der Waals surface area contributed by atoms with Crippen molar-refractivity contribution in [1.29, 1.82) is 0 Å². The van der Waals surface area contributed by atoms with Gasteiger partial charge in [0, 0.05) is 19.1 Å². The van der Waals surface area contributed by atoms with Crippen LogP contribution in [0, 0.1) is 18.7 Å². The maximum atomic E-state index is 13.4. The van der Waals surface area contributed by atoms with Crippen molar-refractivity contribution in [3.05, 3.63) is 29.6 Å². The Balaban J connectivity index is 2.23. The number of nitrogens with zero attached hydrogens (tertiary/aromatic N) is 1. The molecular formula is C15H23FN2O2S. The molecule has 1 N–H and O–H groups in total. The smallest absolute Gasteiger partial charge is 0.243 e. The van der Waals surface area contributed by atoms with Crippen LogP contribution in [-0.4, -0.2) is 38.4 Å². The lowest BCUT2D eigenvalue weighted by atomic mass is 9.95. The van der Waals surface area contributed by atoms with E-state index in [-0.39, 0.29) is 10.8 Å². The van der Waals surface area contributed by atoms with E-state index < -0.39 is 15.8 Å². The van der Waals surface area contributed by atoms with Crippen molar-refractivity contribution >= 4 is 10.0 Å². The Morgan fingerprint density at radius 3 is 2.76 bits per heavy atom. The van der Waals surface area contributed by atoms with Gasteiger partial charge in [-0.3, -0.25) is 0 Å². The fourth-order valence-corrected chi connectivity index (χ4v) is 4.67. The highest BCUT2D eigenvalue weighted by Gasteiger charge is 2.33. The predicted molar refractivity (Wildman–Crippen MR) is 81.1 cm³/mol. The van der Waals surface area contributed by atoms with Crippen LogP contribution in [0.4, 0.5) is 4.39 Å². The van der Waals surface area contributed by atoms with E-state index in [0.29, 0.717) is 24.7 Å². The first-order valence-corrected chi connectivity index (χ1v) is 8.80. The Hall–Kier alpha value is -0.980. The van der Waals surface area contributed by atoms with Crippen molar-refractivity contribution in [2.75, 3.05) is 19.6 Å². The molecule has 4 nitrogen and oxygen atoms in total. The fraction of sp³-hybridized carbons (Fsp3) is 0.600. The van der Waals surface area contributed by atoms with Crippen LogP contribution in [-0.2, 0) is 10.0 Å². The summed E-state index contributed by atoms with van der Waals surface area (Å²) in [5, 5.41) is 3.38. The maximum absolute atomic E-state index is 13.4. The van der Waals surface area contributed by atoms with Crippen molar-refractivity contribution in [3.8, 4) is 0 Å². The summed E-state index contributed by atoms with van der Waals surface area (Å²) in [7, 11) is -3.62. The zero-order chi connectivity index (χ0) is 15.6. The summed E-state index contributed by atoms with van der Waals surface area (Å²) < 4.78 is 40.3. The number of aryl methyl sites for hydroxylation is 1. The van der Waals surface area contributed by atoms with E-state index in [4.69, 9.17) is 0 Å². The summed E-state index contributed by atoms with van der Waals surface area (Å²) >= 11 is 0. The molecule has 1 heterocycles. The number of hydrogen-bond donors (Lipinski definition) is 1. The molecule has 2 rings (SSSR count). The molecule has 118 valence electrons. The van der Waals surface area contributed by atoms with E-state index in [1.54, 1.807) is 6.92 Å². The SMILES string of the molecule is CCNC1CCN(S(=O)(=O)c2cc(F)ccc2C)CC1C. The first-order chi connectivity index (χ1) is 9.86. The van der Waals surface area contributed by atoms with Gasteiger partial charge in [-0.2, -0.15) is 4.31 Å². The number of piperidine rings is 1. The summed E-state index contributed by atoms with van der Waals surface area (Å²) in [4.78, 5) is 0.0802. The fourth-order valence-electron chi connectivity index (χ4n) is 2.88. The minimum Gasteiger partial charge on any atom is -0.314 e. The summed E-state index contributed by atoms with van der Waals surface area (Å²) in [6, 6.07) is 4.26. The highest BCUT2D eigenvalue weighted by atomic mass is 32.2. The average molecular weight is 314 g/mol. The molecule has 0 amide bonds. The van der Waals surface area contributed by atoms with Crippen LogP contribution in [0.1, 0.15) is 25.8 Å². The standard InChI is InChI=1S/C15H23FN2O2S/c1-4-17-14-7-8-18(10-12(14)3)21(19,20)15-9-13(16)6-5-11(15)2/h5-6,9,12,14,17H,4,7-8,10H2,1-3H3. The normalized spacial score (nSPS) is 24.2. The Bertz CT molecular complexity index is 604. The molecule has 1 aliphatic rings. The van der Waals surface area contributed by atoms with Crippen molar-refractivity contribution in [1.82, 2.24) is 9.62 Å². The lowest BCUT2D eigenvalue weighted by Crippen LogP contribution is -2.50. The molecule has 0 saturated carbocycles. The second-order valence-corrected chi connectivity index (χ2v) is 7.61. The van der Waals surface area contributed by atoms with Gasteiger partial charge in [-0.1, -0.05) is 19.9 Å². The lowest BCUT2D eigenvalue weighted by molar-refractivity contribution is 0.222. The molecule has 1 aromatic carbocycles. The predicted octanol–water partition coefficient (Wildman–Crippen LogP) is 2.14. The number of nitrogens with one attached hydrogen (secondary N) is 1. The number of sulfonamides is 1. The van der Waals surface area contributed by atoms with Gasteiger partial charge >= 0.3 is 0 Å². The Morgan fingerprint density at radius 1 is 1.43 bits per heavy atom. The molecule has 0 spiro atoms. The molecule has 2 atom stereocenters. The van der Waals surface area contributed by atoms with Crippen LogP contribution < -0.4 is 5.32 Å². The van der Waals surface area contributed by atoms with Crippen LogP contribution >= 0.6 is 0 Å². The maximum Gasteiger partial charge on any atom is 0.243 e. The minimum atomic E-state index is -3.62. The third kappa shape index (κ3) is 3.44. The molecule has 2 unspecified atom stereocenters. The number of halogens is 1. The van der Waals surface area contributed by atoms with Gasteiger partial charge < -0.3 is 5.32 Å². The minimum absolute atomic E-state index is 0.0802. The first kappa shape index (κ1) is 16.4. The molecule has 1 saturated heterocycles. The van der Waals surface area contributed by atoms with Crippen LogP contribution in [0.5, 0.6) is 0 Å². The van der Waals surface area contributed by atoms with E-state index in [2.05, 4.69) is 5.32 Å². The Morgan fingerprint density at radius 2 is 2.14 bits per heavy atom. The van der Waals surface area contributed by atoms with E-state index >= 15 is 0 Å². The highest BCUT2D eigenvalue weighted by Crippen LogP contribution is 2.26. The molecule has 0 aromatic heterocycles. The quantitative estimate of drug-likeness (QED) is 0.926. The molecule has 21 heavy (non-hydrogen) atoms. The Labute approximate surface area is 126 Å². The van der Waals surface area contributed by atoms with Crippen LogP contribution in [0.2, 0.25) is 0 Å². The number of benzene rings is 1. The van der Waals surface area contributed by atoms with Crippen LogP contribution in [0.3, 0.4) is 0 Å². The van der Waals surface area contributed by atoms with Crippen molar-refractivity contribution < 1.29 is 12.8 Å². The van der Waals surface area contributed by atoms with Gasteiger partial charge in [0.25, 0.3) is 0 Å². The summed E-state index contributed by atoms with van der Waals surface area (Å²) in [6.45, 7) is 7.61. The lowest BCUT2D eigenvalue weighted by Gasteiger charge is -2.36.